The summed E-state index contributed by atoms with van der Waals surface area (Å²) >= 11 is 18.3. The van der Waals surface area contributed by atoms with Gasteiger partial charge >= 0.3 is 12.0 Å². The molecule has 0 aromatic heterocycles. The number of carbonyl (C=O) groups is 1. The van der Waals surface area contributed by atoms with Crippen LogP contribution in [0, 0.1) is 6.92 Å². The number of ether oxygens (including phenoxy) is 3. The first-order valence-electron chi connectivity index (χ1n) is 8.56. The monoisotopic (exact) mass is 443 g/mol. The Morgan fingerprint density at radius 3 is 2.18 bits per heavy atom. The summed E-state index contributed by atoms with van der Waals surface area (Å²) in [5.74, 6) is -1.05. The number of alkyl halides is 3. The van der Waals surface area contributed by atoms with E-state index in [4.69, 9.17) is 49.0 Å². The molecule has 28 heavy (non-hydrogen) atoms. The largest absolute Gasteiger partial charge is 0.428 e. The molecule has 2 aromatic rings. The zero-order valence-electron chi connectivity index (χ0n) is 15.8. The van der Waals surface area contributed by atoms with E-state index in [1.165, 1.54) is 0 Å². The smallest absolute Gasteiger partial charge is 0.418 e. The number of nitrogens with one attached hydrogen (secondary N) is 1. The Balaban J connectivity index is 1.84. The molecule has 150 valence electrons. The number of benzene rings is 2. The summed E-state index contributed by atoms with van der Waals surface area (Å²) in [6.45, 7) is 8.10. The zero-order chi connectivity index (χ0) is 20.7. The molecule has 1 aliphatic heterocycles. The van der Waals surface area contributed by atoms with Crippen molar-refractivity contribution in [3.05, 3.63) is 53.6 Å². The highest BCUT2D eigenvalue weighted by Crippen LogP contribution is 2.49. The lowest BCUT2D eigenvalue weighted by atomic mass is 9.87. The Morgan fingerprint density at radius 1 is 1.00 bits per heavy atom. The predicted octanol–water partition coefficient (Wildman–Crippen LogP) is 5.88. The van der Waals surface area contributed by atoms with Gasteiger partial charge in [0, 0.05) is 0 Å². The van der Waals surface area contributed by atoms with E-state index in [1.54, 1.807) is 36.4 Å². The Bertz CT molecular complexity index is 888. The summed E-state index contributed by atoms with van der Waals surface area (Å²) in [5.41, 5.74) is 1.90. The van der Waals surface area contributed by atoms with Gasteiger partial charge in [0.2, 0.25) is 0 Å². The van der Waals surface area contributed by atoms with Crippen LogP contribution in [-0.4, -0.2) is 15.8 Å². The average molecular weight is 445 g/mol. The van der Waals surface area contributed by atoms with Gasteiger partial charge in [0.05, 0.1) is 0 Å². The number of hydrogen-bond acceptors (Lipinski definition) is 4. The zero-order valence-corrected chi connectivity index (χ0v) is 18.1. The first-order valence-corrected chi connectivity index (χ1v) is 9.69. The van der Waals surface area contributed by atoms with E-state index in [2.05, 4.69) is 26.1 Å². The van der Waals surface area contributed by atoms with Gasteiger partial charge in [0.1, 0.15) is 5.75 Å². The maximum absolute atomic E-state index is 12.4. The third-order valence-corrected chi connectivity index (χ3v) is 4.93. The van der Waals surface area contributed by atoms with Gasteiger partial charge in [-0.1, -0.05) is 79.3 Å². The van der Waals surface area contributed by atoms with Crippen LogP contribution in [-0.2, 0) is 5.41 Å². The highest BCUT2D eigenvalue weighted by molar-refractivity contribution is 6.68. The second kappa shape index (κ2) is 7.21. The predicted molar refractivity (Wildman–Crippen MR) is 110 cm³/mol. The van der Waals surface area contributed by atoms with Crippen LogP contribution in [0.5, 0.6) is 17.2 Å². The van der Waals surface area contributed by atoms with E-state index < -0.39 is 15.8 Å². The molecule has 1 atom stereocenters. The van der Waals surface area contributed by atoms with Crippen molar-refractivity contribution in [3.63, 3.8) is 0 Å². The fraction of sp³-hybridized carbons (Fsp3) is 0.350. The van der Waals surface area contributed by atoms with Gasteiger partial charge in [-0.25, -0.2) is 10.1 Å². The molecule has 1 amide bonds. The van der Waals surface area contributed by atoms with E-state index >= 15 is 0 Å². The van der Waals surface area contributed by atoms with Crippen molar-refractivity contribution >= 4 is 40.9 Å². The molecule has 8 heteroatoms. The molecule has 1 N–H and O–H groups in total. The van der Waals surface area contributed by atoms with Crippen LogP contribution in [0.15, 0.2) is 42.5 Å². The second-order valence-corrected chi connectivity index (χ2v) is 9.84. The summed E-state index contributed by atoms with van der Waals surface area (Å²) in [6.07, 6.45) is -0.890. The molecule has 0 bridgehead atoms. The standard InChI is InChI=1S/C20H20Cl3NO4/c1-12-5-8-14(9-6-12)26-17(25)24-20(19(21,22)23)27-15-10-7-13(18(2,3)4)11-16(15)28-20/h5-11H,1-4H3,(H,24,25)/t20-/m0/s1. The van der Waals surface area contributed by atoms with Crippen molar-refractivity contribution in [2.24, 2.45) is 0 Å². The van der Waals surface area contributed by atoms with Crippen LogP contribution in [0.25, 0.3) is 0 Å². The van der Waals surface area contributed by atoms with Gasteiger partial charge in [-0.15, -0.1) is 0 Å². The number of rotatable bonds is 2. The summed E-state index contributed by atoms with van der Waals surface area (Å²) < 4.78 is 14.6. The average Bonchev–Trinajstić information content (AvgIpc) is 2.94. The highest BCUT2D eigenvalue weighted by Gasteiger charge is 2.60. The van der Waals surface area contributed by atoms with Crippen molar-refractivity contribution in [1.82, 2.24) is 5.32 Å². The van der Waals surface area contributed by atoms with Gasteiger partial charge in [0.15, 0.2) is 11.5 Å². The van der Waals surface area contributed by atoms with E-state index in [1.807, 2.05) is 13.0 Å². The molecule has 1 heterocycles. The van der Waals surface area contributed by atoms with Crippen molar-refractivity contribution in [2.75, 3.05) is 0 Å². The highest BCUT2D eigenvalue weighted by atomic mass is 35.6. The maximum Gasteiger partial charge on any atom is 0.418 e. The molecule has 0 unspecified atom stereocenters. The lowest BCUT2D eigenvalue weighted by Gasteiger charge is -2.33. The molecule has 0 radical (unpaired) electrons. The number of carbonyl (C=O) groups excluding carboxylic acids is 1. The maximum atomic E-state index is 12.4. The van der Waals surface area contributed by atoms with E-state index in [0.29, 0.717) is 17.2 Å². The number of hydrogen-bond donors (Lipinski definition) is 1. The number of halogens is 3. The third-order valence-electron chi connectivity index (χ3n) is 4.19. The fourth-order valence-corrected chi connectivity index (χ4v) is 2.95. The molecule has 0 saturated carbocycles. The molecule has 5 nitrogen and oxygen atoms in total. The molecule has 2 aromatic carbocycles. The number of amides is 1. The molecule has 0 spiro atoms. The van der Waals surface area contributed by atoms with Crippen molar-refractivity contribution in [3.8, 4) is 17.2 Å². The van der Waals surface area contributed by atoms with Crippen LogP contribution in [0.4, 0.5) is 4.79 Å². The minimum Gasteiger partial charge on any atom is -0.428 e. The van der Waals surface area contributed by atoms with Crippen molar-refractivity contribution < 1.29 is 19.0 Å². The van der Waals surface area contributed by atoms with Gasteiger partial charge in [0.25, 0.3) is 3.79 Å². The SMILES string of the molecule is Cc1ccc(OC(=O)N[C@@]2(C(Cl)(Cl)Cl)Oc3ccc(C(C)(C)C)cc3O2)cc1. The van der Waals surface area contributed by atoms with Gasteiger partial charge in [-0.05, 0) is 42.2 Å². The number of aryl methyl sites for hydroxylation is 1. The van der Waals surface area contributed by atoms with Crippen LogP contribution >= 0.6 is 34.8 Å². The van der Waals surface area contributed by atoms with Crippen LogP contribution in [0.3, 0.4) is 0 Å². The Morgan fingerprint density at radius 2 is 1.61 bits per heavy atom. The molecule has 3 rings (SSSR count). The summed E-state index contributed by atoms with van der Waals surface area (Å²) in [4.78, 5) is 12.4. The van der Waals surface area contributed by atoms with Crippen LogP contribution in [0.2, 0.25) is 0 Å². The summed E-state index contributed by atoms with van der Waals surface area (Å²) in [5, 5.41) is 2.40. The lowest BCUT2D eigenvalue weighted by Crippen LogP contribution is -2.64. The first-order chi connectivity index (χ1) is 12.9. The van der Waals surface area contributed by atoms with E-state index in [9.17, 15) is 4.79 Å². The fourth-order valence-electron chi connectivity index (χ4n) is 2.58. The topological polar surface area (TPSA) is 56.8 Å². The number of fused-ring (bicyclic) bond motifs is 1. The minimum absolute atomic E-state index is 0.124. The Hall–Kier alpha value is -1.82. The van der Waals surface area contributed by atoms with Gasteiger partial charge < -0.3 is 14.2 Å². The normalized spacial score (nSPS) is 18.7. The van der Waals surface area contributed by atoms with Crippen molar-refractivity contribution in [1.29, 1.82) is 0 Å². The van der Waals surface area contributed by atoms with E-state index in [-0.39, 0.29) is 5.41 Å². The van der Waals surface area contributed by atoms with Crippen LogP contribution < -0.4 is 19.5 Å². The third kappa shape index (κ3) is 4.27. The molecule has 0 fully saturated rings. The molecule has 1 aliphatic rings. The molecular weight excluding hydrogens is 425 g/mol. The first kappa shape index (κ1) is 20.9. The van der Waals surface area contributed by atoms with Crippen molar-refractivity contribution in [2.45, 2.75) is 42.8 Å². The summed E-state index contributed by atoms with van der Waals surface area (Å²) in [6, 6.07) is 12.3. The van der Waals surface area contributed by atoms with Gasteiger partial charge in [-0.2, -0.15) is 0 Å². The molecule has 0 saturated heterocycles. The minimum atomic E-state index is -2.14. The van der Waals surface area contributed by atoms with E-state index in [0.717, 1.165) is 11.1 Å². The lowest BCUT2D eigenvalue weighted by molar-refractivity contribution is -0.0964. The molecule has 0 aliphatic carbocycles. The Labute approximate surface area is 178 Å². The Kier molecular flexibility index (Phi) is 5.38. The van der Waals surface area contributed by atoms with Gasteiger partial charge in [-0.3, -0.25) is 0 Å². The molecular formula is C20H20Cl3NO4. The second-order valence-electron chi connectivity index (χ2n) is 7.56. The quantitative estimate of drug-likeness (QED) is 0.588. The van der Waals surface area contributed by atoms with Crippen LogP contribution in [0.1, 0.15) is 31.9 Å². The summed E-state index contributed by atoms with van der Waals surface area (Å²) in [7, 11) is 0.